The van der Waals surface area contributed by atoms with E-state index in [-0.39, 0.29) is 0 Å². The highest BCUT2D eigenvalue weighted by Crippen LogP contribution is 2.22. The highest BCUT2D eigenvalue weighted by Gasteiger charge is 2.26. The van der Waals surface area contributed by atoms with Crippen LogP contribution in [0.25, 0.3) is 0 Å². The largest absolute Gasteiger partial charge is 0.378 e. The zero-order valence-corrected chi connectivity index (χ0v) is 8.08. The summed E-state index contributed by atoms with van der Waals surface area (Å²) in [7, 11) is 0. The SMILES string of the molecule is CC(N)(CCOC1CCC1)C(N)=O. The van der Waals surface area contributed by atoms with Gasteiger partial charge in [-0.1, -0.05) is 0 Å². The maximum absolute atomic E-state index is 10.8. The Kier molecular flexibility index (Phi) is 3.27. The zero-order valence-electron chi connectivity index (χ0n) is 8.08. The fourth-order valence-electron chi connectivity index (χ4n) is 1.10. The van der Waals surface area contributed by atoms with Gasteiger partial charge in [0, 0.05) is 6.61 Å². The maximum Gasteiger partial charge on any atom is 0.237 e. The van der Waals surface area contributed by atoms with Gasteiger partial charge >= 0.3 is 0 Å². The third kappa shape index (κ3) is 2.97. The molecule has 1 amide bonds. The van der Waals surface area contributed by atoms with Crippen molar-refractivity contribution in [3.63, 3.8) is 0 Å². The molecule has 1 aliphatic carbocycles. The van der Waals surface area contributed by atoms with E-state index in [4.69, 9.17) is 16.2 Å². The first-order chi connectivity index (χ1) is 6.02. The first-order valence-corrected chi connectivity index (χ1v) is 4.73. The van der Waals surface area contributed by atoms with Gasteiger partial charge in [0.25, 0.3) is 0 Å². The van der Waals surface area contributed by atoms with Gasteiger partial charge < -0.3 is 16.2 Å². The second kappa shape index (κ2) is 4.07. The van der Waals surface area contributed by atoms with Crippen LogP contribution < -0.4 is 11.5 Å². The van der Waals surface area contributed by atoms with E-state index in [1.807, 2.05) is 0 Å². The minimum atomic E-state index is -0.927. The van der Waals surface area contributed by atoms with E-state index in [0.29, 0.717) is 19.1 Å². The fraction of sp³-hybridized carbons (Fsp3) is 0.889. The molecule has 1 unspecified atom stereocenters. The van der Waals surface area contributed by atoms with Gasteiger partial charge in [-0.25, -0.2) is 0 Å². The van der Waals surface area contributed by atoms with Gasteiger partial charge in [0.1, 0.15) is 0 Å². The minimum absolute atomic E-state index is 0.392. The van der Waals surface area contributed by atoms with E-state index >= 15 is 0 Å². The third-order valence-corrected chi connectivity index (χ3v) is 2.59. The molecule has 76 valence electrons. The van der Waals surface area contributed by atoms with Gasteiger partial charge in [0.2, 0.25) is 5.91 Å². The normalized spacial score (nSPS) is 22.0. The second-order valence-corrected chi connectivity index (χ2v) is 3.96. The van der Waals surface area contributed by atoms with E-state index in [0.717, 1.165) is 12.8 Å². The van der Waals surface area contributed by atoms with E-state index in [9.17, 15) is 4.79 Å². The Morgan fingerprint density at radius 3 is 2.62 bits per heavy atom. The summed E-state index contributed by atoms with van der Waals surface area (Å²) >= 11 is 0. The molecule has 4 heteroatoms. The summed E-state index contributed by atoms with van der Waals surface area (Å²) in [6.45, 7) is 2.17. The molecular weight excluding hydrogens is 168 g/mol. The number of amides is 1. The van der Waals surface area contributed by atoms with Crippen molar-refractivity contribution in [2.45, 2.75) is 44.2 Å². The molecule has 1 fully saturated rings. The molecule has 0 aromatic heterocycles. The number of hydrogen-bond donors (Lipinski definition) is 2. The van der Waals surface area contributed by atoms with E-state index in [1.54, 1.807) is 6.92 Å². The van der Waals surface area contributed by atoms with Gasteiger partial charge in [0.05, 0.1) is 11.6 Å². The average Bonchev–Trinajstić information content (AvgIpc) is 1.94. The molecule has 0 bridgehead atoms. The number of ether oxygens (including phenoxy) is 1. The number of primary amides is 1. The highest BCUT2D eigenvalue weighted by atomic mass is 16.5. The Hall–Kier alpha value is -0.610. The number of nitrogens with two attached hydrogens (primary N) is 2. The Morgan fingerprint density at radius 2 is 2.23 bits per heavy atom. The van der Waals surface area contributed by atoms with Gasteiger partial charge in [-0.2, -0.15) is 0 Å². The summed E-state index contributed by atoms with van der Waals surface area (Å²) in [6.07, 6.45) is 4.42. The van der Waals surface area contributed by atoms with Crippen molar-refractivity contribution in [2.24, 2.45) is 11.5 Å². The lowest BCUT2D eigenvalue weighted by Crippen LogP contribution is -2.50. The van der Waals surface area contributed by atoms with Crippen molar-refractivity contribution in [3.8, 4) is 0 Å². The molecule has 1 atom stereocenters. The molecule has 1 rings (SSSR count). The molecule has 0 saturated heterocycles. The lowest BCUT2D eigenvalue weighted by atomic mass is 9.95. The third-order valence-electron chi connectivity index (χ3n) is 2.59. The van der Waals surface area contributed by atoms with Crippen LogP contribution in [-0.2, 0) is 9.53 Å². The average molecular weight is 186 g/mol. The molecule has 4 N–H and O–H groups in total. The maximum atomic E-state index is 10.8. The van der Waals surface area contributed by atoms with Gasteiger partial charge in [-0.05, 0) is 32.6 Å². The summed E-state index contributed by atoms with van der Waals surface area (Å²) in [5.41, 5.74) is 9.84. The highest BCUT2D eigenvalue weighted by molar-refractivity contribution is 5.83. The van der Waals surface area contributed by atoms with Crippen molar-refractivity contribution in [1.82, 2.24) is 0 Å². The van der Waals surface area contributed by atoms with E-state index in [2.05, 4.69) is 0 Å². The number of rotatable bonds is 5. The zero-order chi connectivity index (χ0) is 9.90. The lowest BCUT2D eigenvalue weighted by molar-refractivity contribution is -0.123. The van der Waals surface area contributed by atoms with Crippen LogP contribution in [0.15, 0.2) is 0 Å². The van der Waals surface area contributed by atoms with Crippen LogP contribution in [0.1, 0.15) is 32.6 Å². The summed E-state index contributed by atoms with van der Waals surface area (Å²) in [5, 5.41) is 0. The van der Waals surface area contributed by atoms with Crippen molar-refractivity contribution in [2.75, 3.05) is 6.61 Å². The molecule has 0 aliphatic heterocycles. The number of carbonyl (C=O) groups excluding carboxylic acids is 1. The second-order valence-electron chi connectivity index (χ2n) is 3.96. The molecule has 0 spiro atoms. The van der Waals surface area contributed by atoms with Crippen molar-refractivity contribution in [3.05, 3.63) is 0 Å². The summed E-state index contributed by atoms with van der Waals surface area (Å²) in [4.78, 5) is 10.8. The fourth-order valence-corrected chi connectivity index (χ4v) is 1.10. The molecule has 0 heterocycles. The molecule has 1 aliphatic rings. The Bertz CT molecular complexity index is 188. The predicted octanol–water partition coefficient (Wildman–Crippen LogP) is 0.148. The van der Waals surface area contributed by atoms with Gasteiger partial charge in [0.15, 0.2) is 0 Å². The smallest absolute Gasteiger partial charge is 0.237 e. The summed E-state index contributed by atoms with van der Waals surface area (Å²) in [5.74, 6) is -0.468. The van der Waals surface area contributed by atoms with Crippen LogP contribution in [0.3, 0.4) is 0 Å². The number of hydrogen-bond acceptors (Lipinski definition) is 3. The quantitative estimate of drug-likeness (QED) is 0.641. The molecule has 13 heavy (non-hydrogen) atoms. The summed E-state index contributed by atoms with van der Waals surface area (Å²) < 4.78 is 5.48. The van der Waals surface area contributed by atoms with Crippen LogP contribution in [-0.4, -0.2) is 24.2 Å². The standard InChI is InChI=1S/C9H18N2O2/c1-9(11,8(10)12)5-6-13-7-3-2-4-7/h7H,2-6,11H2,1H3,(H2,10,12). The molecule has 0 aromatic carbocycles. The van der Waals surface area contributed by atoms with Crippen LogP contribution in [0, 0.1) is 0 Å². The van der Waals surface area contributed by atoms with Crippen molar-refractivity contribution >= 4 is 5.91 Å². The first-order valence-electron chi connectivity index (χ1n) is 4.73. The molecular formula is C9H18N2O2. The summed E-state index contributed by atoms with van der Waals surface area (Å²) in [6, 6.07) is 0. The topological polar surface area (TPSA) is 78.3 Å². The van der Waals surface area contributed by atoms with Crippen LogP contribution in [0.4, 0.5) is 0 Å². The Balaban J connectivity index is 2.13. The predicted molar refractivity (Wildman–Crippen MR) is 50.0 cm³/mol. The van der Waals surface area contributed by atoms with Gasteiger partial charge in [-0.15, -0.1) is 0 Å². The molecule has 4 nitrogen and oxygen atoms in total. The minimum Gasteiger partial charge on any atom is -0.378 e. The van der Waals surface area contributed by atoms with E-state index in [1.165, 1.54) is 6.42 Å². The monoisotopic (exact) mass is 186 g/mol. The lowest BCUT2D eigenvalue weighted by Gasteiger charge is -2.27. The van der Waals surface area contributed by atoms with Crippen LogP contribution in [0.5, 0.6) is 0 Å². The van der Waals surface area contributed by atoms with Crippen LogP contribution in [0.2, 0.25) is 0 Å². The first kappa shape index (κ1) is 10.5. The van der Waals surface area contributed by atoms with Crippen molar-refractivity contribution in [1.29, 1.82) is 0 Å². The van der Waals surface area contributed by atoms with Crippen molar-refractivity contribution < 1.29 is 9.53 Å². The molecule has 0 aromatic rings. The Morgan fingerprint density at radius 1 is 1.62 bits per heavy atom. The number of carbonyl (C=O) groups is 1. The molecule has 1 saturated carbocycles. The van der Waals surface area contributed by atoms with E-state index < -0.39 is 11.4 Å². The van der Waals surface area contributed by atoms with Gasteiger partial charge in [-0.3, -0.25) is 4.79 Å². The molecule has 0 radical (unpaired) electrons. The Labute approximate surface area is 78.6 Å². The van der Waals surface area contributed by atoms with Crippen LogP contribution >= 0.6 is 0 Å².